The number of nitrogens with zero attached hydrogens (tertiary/aromatic N) is 2. The summed E-state index contributed by atoms with van der Waals surface area (Å²) >= 11 is 1.54. The van der Waals surface area contributed by atoms with Crippen molar-refractivity contribution >= 4 is 28.3 Å². The van der Waals surface area contributed by atoms with Crippen molar-refractivity contribution in [2.45, 2.75) is 19.4 Å². The number of aromatic nitrogens is 3. The molecule has 0 radical (unpaired) electrons. The van der Waals surface area contributed by atoms with Gasteiger partial charge in [-0.15, -0.1) is 11.3 Å². The van der Waals surface area contributed by atoms with Crippen LogP contribution in [0.2, 0.25) is 0 Å². The number of ether oxygens (including phenoxy) is 1. The first-order valence-electron chi connectivity index (χ1n) is 9.10. The third-order valence-corrected chi connectivity index (χ3v) is 4.94. The molecule has 0 bridgehead atoms. The van der Waals surface area contributed by atoms with Crippen molar-refractivity contribution in [1.29, 1.82) is 0 Å². The Morgan fingerprint density at radius 3 is 2.79 bits per heavy atom. The van der Waals surface area contributed by atoms with Gasteiger partial charge >= 0.3 is 0 Å². The highest BCUT2D eigenvalue weighted by atomic mass is 32.1. The molecule has 0 atom stereocenters. The summed E-state index contributed by atoms with van der Waals surface area (Å²) in [6.07, 6.45) is 1.61. The SMILES string of the molecule is O=C(NCCCc1nc2ccccc2[nH]1)c1ccc(OCc2cscn2)cc1. The van der Waals surface area contributed by atoms with Crippen LogP contribution >= 0.6 is 11.3 Å². The van der Waals surface area contributed by atoms with Crippen molar-refractivity contribution < 1.29 is 9.53 Å². The van der Waals surface area contributed by atoms with Gasteiger partial charge < -0.3 is 15.0 Å². The number of para-hydroxylation sites is 2. The lowest BCUT2D eigenvalue weighted by atomic mass is 10.2. The molecule has 6 nitrogen and oxygen atoms in total. The lowest BCUT2D eigenvalue weighted by Gasteiger charge is -2.07. The first-order valence-corrected chi connectivity index (χ1v) is 10.0. The van der Waals surface area contributed by atoms with Crippen molar-refractivity contribution in [2.75, 3.05) is 6.54 Å². The summed E-state index contributed by atoms with van der Waals surface area (Å²) in [6.45, 7) is 1.02. The fourth-order valence-electron chi connectivity index (χ4n) is 2.85. The number of hydrogen-bond donors (Lipinski definition) is 2. The molecule has 0 aliphatic carbocycles. The Morgan fingerprint density at radius 2 is 2.00 bits per heavy atom. The summed E-state index contributed by atoms with van der Waals surface area (Å²) in [7, 11) is 0. The van der Waals surface area contributed by atoms with Gasteiger partial charge in [0.1, 0.15) is 18.2 Å². The Hall–Kier alpha value is -3.19. The Kier molecular flexibility index (Phi) is 5.63. The fourth-order valence-corrected chi connectivity index (χ4v) is 3.40. The molecule has 1 amide bonds. The first-order chi connectivity index (χ1) is 13.8. The largest absolute Gasteiger partial charge is 0.487 e. The summed E-state index contributed by atoms with van der Waals surface area (Å²) in [5.74, 6) is 1.57. The molecule has 2 heterocycles. The minimum atomic E-state index is -0.0874. The second-order valence-electron chi connectivity index (χ2n) is 6.35. The molecule has 2 aromatic carbocycles. The van der Waals surface area contributed by atoms with Crippen LogP contribution in [0.1, 0.15) is 28.3 Å². The van der Waals surface area contributed by atoms with E-state index >= 15 is 0 Å². The third kappa shape index (κ3) is 4.55. The average Bonchev–Trinajstić information content (AvgIpc) is 3.39. The number of fused-ring (bicyclic) bond motifs is 1. The quantitative estimate of drug-likeness (QED) is 0.445. The van der Waals surface area contributed by atoms with E-state index in [0.717, 1.165) is 41.1 Å². The van der Waals surface area contributed by atoms with Crippen molar-refractivity contribution in [1.82, 2.24) is 20.3 Å². The van der Waals surface area contributed by atoms with E-state index in [1.165, 1.54) is 11.3 Å². The third-order valence-electron chi connectivity index (χ3n) is 4.30. The zero-order chi connectivity index (χ0) is 19.2. The van der Waals surface area contributed by atoms with Crippen LogP contribution in [0.5, 0.6) is 5.75 Å². The Balaban J connectivity index is 1.22. The topological polar surface area (TPSA) is 79.9 Å². The van der Waals surface area contributed by atoms with Crippen LogP contribution in [0.4, 0.5) is 0 Å². The number of amides is 1. The minimum Gasteiger partial charge on any atom is -0.487 e. The monoisotopic (exact) mass is 392 g/mol. The standard InChI is InChI=1S/C21H20N4O2S/c26-21(15-7-9-17(10-8-15)27-12-16-13-28-14-23-16)22-11-3-6-20-24-18-4-1-2-5-19(18)25-20/h1-2,4-5,7-10,13-14H,3,6,11-12H2,(H,22,26)(H,24,25). The van der Waals surface area contributed by atoms with E-state index in [2.05, 4.69) is 20.3 Å². The molecule has 0 aliphatic heterocycles. The number of H-pyrrole nitrogens is 1. The predicted molar refractivity (Wildman–Crippen MR) is 110 cm³/mol. The second-order valence-corrected chi connectivity index (χ2v) is 7.07. The first kappa shape index (κ1) is 18.2. The van der Waals surface area contributed by atoms with Crippen LogP contribution in [-0.2, 0) is 13.0 Å². The number of aromatic amines is 1. The van der Waals surface area contributed by atoms with Crippen LogP contribution < -0.4 is 10.1 Å². The van der Waals surface area contributed by atoms with E-state index in [-0.39, 0.29) is 5.91 Å². The number of benzene rings is 2. The molecule has 0 saturated heterocycles. The predicted octanol–water partition coefficient (Wildman–Crippen LogP) is 3.96. The highest BCUT2D eigenvalue weighted by Gasteiger charge is 2.07. The molecular weight excluding hydrogens is 372 g/mol. The highest BCUT2D eigenvalue weighted by Crippen LogP contribution is 2.15. The lowest BCUT2D eigenvalue weighted by Crippen LogP contribution is -2.24. The molecule has 7 heteroatoms. The average molecular weight is 392 g/mol. The molecular formula is C21H20N4O2S. The Labute approximate surface area is 166 Å². The molecule has 0 saturated carbocycles. The maximum Gasteiger partial charge on any atom is 0.251 e. The Morgan fingerprint density at radius 1 is 1.14 bits per heavy atom. The van der Waals surface area contributed by atoms with Crippen molar-refractivity contribution in [2.24, 2.45) is 0 Å². The minimum absolute atomic E-state index is 0.0874. The number of rotatable bonds is 8. The zero-order valence-corrected chi connectivity index (χ0v) is 16.0. The van der Waals surface area contributed by atoms with Gasteiger partial charge in [-0.1, -0.05) is 12.1 Å². The number of hydrogen-bond acceptors (Lipinski definition) is 5. The smallest absolute Gasteiger partial charge is 0.251 e. The molecule has 0 unspecified atom stereocenters. The van der Waals surface area contributed by atoms with E-state index in [9.17, 15) is 4.79 Å². The Bertz CT molecular complexity index is 1010. The highest BCUT2D eigenvalue weighted by molar-refractivity contribution is 7.07. The summed E-state index contributed by atoms with van der Waals surface area (Å²) in [5, 5.41) is 4.90. The van der Waals surface area contributed by atoms with E-state index in [1.54, 1.807) is 29.8 Å². The molecule has 4 aromatic rings. The zero-order valence-electron chi connectivity index (χ0n) is 15.2. The van der Waals surface area contributed by atoms with Crippen molar-refractivity contribution in [3.8, 4) is 5.75 Å². The van der Waals surface area contributed by atoms with E-state index in [0.29, 0.717) is 18.7 Å². The summed E-state index contributed by atoms with van der Waals surface area (Å²) < 4.78 is 5.66. The van der Waals surface area contributed by atoms with Gasteiger partial charge in [-0.05, 0) is 42.8 Å². The number of nitrogens with one attached hydrogen (secondary N) is 2. The normalized spacial score (nSPS) is 10.9. The van der Waals surface area contributed by atoms with E-state index in [1.807, 2.05) is 29.6 Å². The summed E-state index contributed by atoms with van der Waals surface area (Å²) in [4.78, 5) is 24.3. The number of carbonyl (C=O) groups excluding carboxylic acids is 1. The molecule has 0 spiro atoms. The molecule has 0 fully saturated rings. The number of aryl methyl sites for hydroxylation is 1. The van der Waals surface area contributed by atoms with E-state index in [4.69, 9.17) is 4.74 Å². The summed E-state index contributed by atoms with van der Waals surface area (Å²) in [5.41, 5.74) is 5.30. The van der Waals surface area contributed by atoms with Crippen LogP contribution in [0.3, 0.4) is 0 Å². The van der Waals surface area contributed by atoms with Gasteiger partial charge in [0, 0.05) is 23.9 Å². The van der Waals surface area contributed by atoms with Gasteiger partial charge in [-0.3, -0.25) is 4.79 Å². The van der Waals surface area contributed by atoms with Gasteiger partial charge in [-0.25, -0.2) is 9.97 Å². The lowest BCUT2D eigenvalue weighted by molar-refractivity contribution is 0.0953. The summed E-state index contributed by atoms with van der Waals surface area (Å²) in [6, 6.07) is 15.1. The van der Waals surface area contributed by atoms with E-state index < -0.39 is 0 Å². The van der Waals surface area contributed by atoms with Crippen LogP contribution in [0, 0.1) is 0 Å². The van der Waals surface area contributed by atoms with Crippen LogP contribution in [-0.4, -0.2) is 27.4 Å². The van der Waals surface area contributed by atoms with Gasteiger partial charge in [0.15, 0.2) is 0 Å². The number of thiazole rings is 1. The van der Waals surface area contributed by atoms with Gasteiger partial charge in [0.25, 0.3) is 5.91 Å². The van der Waals surface area contributed by atoms with Crippen molar-refractivity contribution in [3.05, 3.63) is 76.5 Å². The molecule has 0 aliphatic rings. The van der Waals surface area contributed by atoms with Gasteiger partial charge in [0.2, 0.25) is 0 Å². The van der Waals surface area contributed by atoms with Gasteiger partial charge in [-0.2, -0.15) is 0 Å². The molecule has 4 rings (SSSR count). The van der Waals surface area contributed by atoms with Crippen LogP contribution in [0.25, 0.3) is 11.0 Å². The maximum absolute atomic E-state index is 12.3. The fraction of sp³-hybridized carbons (Fsp3) is 0.190. The molecule has 28 heavy (non-hydrogen) atoms. The second kappa shape index (κ2) is 8.67. The molecule has 2 aromatic heterocycles. The van der Waals surface area contributed by atoms with Gasteiger partial charge in [0.05, 0.1) is 22.2 Å². The van der Waals surface area contributed by atoms with Crippen molar-refractivity contribution in [3.63, 3.8) is 0 Å². The number of carbonyl (C=O) groups is 1. The molecule has 142 valence electrons. The molecule has 2 N–H and O–H groups in total. The number of imidazole rings is 1. The maximum atomic E-state index is 12.3. The van der Waals surface area contributed by atoms with Crippen LogP contribution in [0.15, 0.2) is 59.4 Å².